The lowest BCUT2D eigenvalue weighted by molar-refractivity contribution is -0.0101. The number of hydrogen-bond acceptors (Lipinski definition) is 5. The van der Waals surface area contributed by atoms with Gasteiger partial charge in [-0.1, -0.05) is 58.4 Å². The lowest BCUT2D eigenvalue weighted by Crippen LogP contribution is -2.36. The Hall–Kier alpha value is -2.72. The summed E-state index contributed by atoms with van der Waals surface area (Å²) >= 11 is 9.09. The summed E-state index contributed by atoms with van der Waals surface area (Å²) in [5.74, 6) is 0. The molecule has 10 heteroatoms. The predicted molar refractivity (Wildman–Crippen MR) is 143 cm³/mol. The van der Waals surface area contributed by atoms with Gasteiger partial charge in [0.2, 0.25) is 5.28 Å². The van der Waals surface area contributed by atoms with E-state index in [0.29, 0.717) is 6.61 Å². The van der Waals surface area contributed by atoms with Crippen LogP contribution in [0.1, 0.15) is 18.1 Å². The van der Waals surface area contributed by atoms with Crippen LogP contribution in [-0.4, -0.2) is 51.2 Å². The molecule has 0 aliphatic carbocycles. The molecule has 2 aromatic carbocycles. The van der Waals surface area contributed by atoms with Crippen molar-refractivity contribution in [2.75, 3.05) is 27.2 Å². The lowest BCUT2D eigenvalue weighted by atomic mass is 9.88. The molecule has 0 bridgehead atoms. The van der Waals surface area contributed by atoms with E-state index in [1.54, 1.807) is 0 Å². The standard InChI is InChI=1S/C18H22BrNO.C7H7ClN4O2/c1-18(21-14-13-20(2)3,15-7-5-4-6-8-15)16-9-11-17(19)12-10-16;1-11-4-3(9-6(8)10-4)5(13)12(2)7(11)14/h4-12H,13-14H2,1-3H3;1-2H3,(H,9,10)/t18-;/m1./s1. The van der Waals surface area contributed by atoms with Crippen molar-refractivity contribution in [2.24, 2.45) is 14.1 Å². The van der Waals surface area contributed by atoms with Crippen molar-refractivity contribution in [1.29, 1.82) is 0 Å². The monoisotopic (exact) mass is 561 g/mol. The van der Waals surface area contributed by atoms with Crippen LogP contribution >= 0.6 is 27.5 Å². The van der Waals surface area contributed by atoms with Crippen molar-refractivity contribution >= 4 is 38.7 Å². The molecule has 35 heavy (non-hydrogen) atoms. The number of aryl methyl sites for hydroxylation is 1. The molecular formula is C25H29BrClN5O3. The molecule has 8 nitrogen and oxygen atoms in total. The SMILES string of the molecule is CN(C)CCO[C@](C)(c1ccccc1)c1ccc(Br)cc1.Cn1c(=O)c2[nH]c(Cl)nc2n(C)c1=O. The average Bonchev–Trinajstić information content (AvgIpc) is 3.24. The van der Waals surface area contributed by atoms with Gasteiger partial charge in [-0.25, -0.2) is 4.79 Å². The Balaban J connectivity index is 0.000000211. The molecule has 0 radical (unpaired) electrons. The number of hydrogen-bond donors (Lipinski definition) is 1. The van der Waals surface area contributed by atoms with Gasteiger partial charge in [0.1, 0.15) is 5.60 Å². The zero-order chi connectivity index (χ0) is 25.8. The van der Waals surface area contributed by atoms with Gasteiger partial charge in [-0.05, 0) is 55.9 Å². The summed E-state index contributed by atoms with van der Waals surface area (Å²) in [6.45, 7) is 3.73. The highest BCUT2D eigenvalue weighted by atomic mass is 79.9. The maximum absolute atomic E-state index is 11.5. The van der Waals surface area contributed by atoms with Gasteiger partial charge in [-0.15, -0.1) is 0 Å². The lowest BCUT2D eigenvalue weighted by Gasteiger charge is -2.32. The molecule has 2 aromatic heterocycles. The van der Waals surface area contributed by atoms with E-state index in [0.717, 1.165) is 21.1 Å². The average molecular weight is 563 g/mol. The number of ether oxygens (including phenoxy) is 1. The molecule has 0 amide bonds. The molecule has 4 rings (SSSR count). The maximum Gasteiger partial charge on any atom is 0.332 e. The predicted octanol–water partition coefficient (Wildman–Crippen LogP) is 3.90. The first kappa shape index (κ1) is 26.9. The third-order valence-corrected chi connectivity index (χ3v) is 6.42. The van der Waals surface area contributed by atoms with Crippen LogP contribution in [0.15, 0.2) is 68.7 Å². The number of benzene rings is 2. The normalized spacial score (nSPS) is 12.9. The molecule has 0 aliphatic rings. The zero-order valence-electron chi connectivity index (χ0n) is 20.4. The van der Waals surface area contributed by atoms with Crippen molar-refractivity contribution in [3.63, 3.8) is 0 Å². The Labute approximate surface area is 217 Å². The highest BCUT2D eigenvalue weighted by molar-refractivity contribution is 9.10. The fraction of sp³-hybridized carbons (Fsp3) is 0.320. The third-order valence-electron chi connectivity index (χ3n) is 5.71. The summed E-state index contributed by atoms with van der Waals surface area (Å²) in [4.78, 5) is 31.5. The molecule has 0 spiro atoms. The first-order valence-electron chi connectivity index (χ1n) is 11.0. The number of imidazole rings is 1. The van der Waals surface area contributed by atoms with E-state index in [9.17, 15) is 9.59 Å². The smallest absolute Gasteiger partial charge is 0.332 e. The van der Waals surface area contributed by atoms with Crippen LogP contribution in [0.25, 0.3) is 11.2 Å². The van der Waals surface area contributed by atoms with E-state index >= 15 is 0 Å². The van der Waals surface area contributed by atoms with Crippen LogP contribution in [0.2, 0.25) is 5.28 Å². The second-order valence-electron chi connectivity index (χ2n) is 8.49. The van der Waals surface area contributed by atoms with Crippen molar-refractivity contribution < 1.29 is 4.74 Å². The van der Waals surface area contributed by atoms with Gasteiger partial charge in [0.15, 0.2) is 11.2 Å². The summed E-state index contributed by atoms with van der Waals surface area (Å²) in [5, 5.41) is 0.0956. The second-order valence-corrected chi connectivity index (χ2v) is 9.76. The van der Waals surface area contributed by atoms with Crippen LogP contribution in [0.4, 0.5) is 0 Å². The summed E-state index contributed by atoms with van der Waals surface area (Å²) in [6, 6.07) is 18.8. The molecule has 0 aliphatic heterocycles. The van der Waals surface area contributed by atoms with E-state index < -0.39 is 16.9 Å². The van der Waals surface area contributed by atoms with Crippen molar-refractivity contribution in [3.8, 4) is 0 Å². The number of likely N-dealkylation sites (N-methyl/N-ethyl adjacent to an activating group) is 1. The Bertz CT molecular complexity index is 1400. The first-order chi connectivity index (χ1) is 16.5. The molecular weight excluding hydrogens is 534 g/mol. The van der Waals surface area contributed by atoms with Gasteiger partial charge >= 0.3 is 5.69 Å². The molecule has 2 heterocycles. The van der Waals surface area contributed by atoms with Gasteiger partial charge in [0.05, 0.1) is 6.61 Å². The minimum Gasteiger partial charge on any atom is -0.365 e. The van der Waals surface area contributed by atoms with Gasteiger partial charge < -0.3 is 14.6 Å². The fourth-order valence-corrected chi connectivity index (χ4v) is 4.03. The zero-order valence-corrected chi connectivity index (χ0v) is 22.7. The number of rotatable bonds is 6. The summed E-state index contributed by atoms with van der Waals surface area (Å²) in [6.07, 6.45) is 0. The minimum atomic E-state index is -0.433. The van der Waals surface area contributed by atoms with Crippen LogP contribution in [-0.2, 0) is 24.4 Å². The number of aromatic nitrogens is 4. The van der Waals surface area contributed by atoms with E-state index in [2.05, 4.69) is 100 Å². The summed E-state index contributed by atoms with van der Waals surface area (Å²) < 4.78 is 9.63. The van der Waals surface area contributed by atoms with Crippen LogP contribution in [0.5, 0.6) is 0 Å². The summed E-state index contributed by atoms with van der Waals surface area (Å²) in [5.41, 5.74) is 1.55. The number of fused-ring (bicyclic) bond motifs is 1. The number of halogens is 2. The van der Waals surface area contributed by atoms with E-state index in [1.807, 2.05) is 6.07 Å². The maximum atomic E-state index is 11.5. The molecule has 0 unspecified atom stereocenters. The number of H-pyrrole nitrogens is 1. The highest BCUT2D eigenvalue weighted by Crippen LogP contribution is 2.33. The van der Waals surface area contributed by atoms with Gasteiger partial charge in [-0.3, -0.25) is 13.9 Å². The minimum absolute atomic E-state index is 0.0956. The summed E-state index contributed by atoms with van der Waals surface area (Å²) in [7, 11) is 7.05. The van der Waals surface area contributed by atoms with E-state index in [1.165, 1.54) is 24.2 Å². The number of nitrogens with one attached hydrogen (secondary N) is 1. The Morgan fingerprint density at radius 1 is 1.03 bits per heavy atom. The number of nitrogens with zero attached hydrogens (tertiary/aromatic N) is 4. The number of aromatic amines is 1. The highest BCUT2D eigenvalue weighted by Gasteiger charge is 2.29. The Kier molecular flexibility index (Phi) is 8.71. The molecule has 4 aromatic rings. The van der Waals surface area contributed by atoms with E-state index in [4.69, 9.17) is 16.3 Å². The molecule has 0 fully saturated rings. The van der Waals surface area contributed by atoms with Gasteiger partial charge in [-0.2, -0.15) is 4.98 Å². The van der Waals surface area contributed by atoms with Crippen molar-refractivity contribution in [3.05, 3.63) is 96.3 Å². The topological polar surface area (TPSA) is 85.2 Å². The van der Waals surface area contributed by atoms with Crippen LogP contribution in [0.3, 0.4) is 0 Å². The van der Waals surface area contributed by atoms with Crippen molar-refractivity contribution in [1.82, 2.24) is 24.0 Å². The Morgan fingerprint density at radius 3 is 2.23 bits per heavy atom. The quantitative estimate of drug-likeness (QED) is 0.360. The first-order valence-corrected chi connectivity index (χ1v) is 12.1. The van der Waals surface area contributed by atoms with Crippen LogP contribution < -0.4 is 11.2 Å². The molecule has 0 saturated heterocycles. The van der Waals surface area contributed by atoms with Crippen molar-refractivity contribution in [2.45, 2.75) is 12.5 Å². The van der Waals surface area contributed by atoms with Gasteiger partial charge in [0.25, 0.3) is 5.56 Å². The largest absolute Gasteiger partial charge is 0.365 e. The second kappa shape index (κ2) is 11.3. The molecule has 186 valence electrons. The Morgan fingerprint density at radius 2 is 1.63 bits per heavy atom. The third kappa shape index (κ3) is 6.10. The fourth-order valence-electron chi connectivity index (χ4n) is 3.59. The molecule has 0 saturated carbocycles. The van der Waals surface area contributed by atoms with Crippen LogP contribution in [0, 0.1) is 0 Å². The van der Waals surface area contributed by atoms with Gasteiger partial charge in [0, 0.05) is 25.1 Å². The molecule has 1 N–H and O–H groups in total. The van der Waals surface area contributed by atoms with E-state index in [-0.39, 0.29) is 16.4 Å². The molecule has 1 atom stereocenters.